The van der Waals surface area contributed by atoms with Crippen LogP contribution in [0, 0.1) is 0 Å². The third-order valence-electron chi connectivity index (χ3n) is 2.22. The molecule has 0 aliphatic carbocycles. The van der Waals surface area contributed by atoms with Gasteiger partial charge in [-0.3, -0.25) is 4.79 Å². The van der Waals surface area contributed by atoms with Crippen molar-refractivity contribution in [3.8, 4) is 0 Å². The molecule has 132 valence electrons. The van der Waals surface area contributed by atoms with Gasteiger partial charge in [0, 0.05) is 13.0 Å². The summed E-state index contributed by atoms with van der Waals surface area (Å²) in [6, 6.07) is 0. The van der Waals surface area contributed by atoms with Gasteiger partial charge in [-0.1, -0.05) is 0 Å². The van der Waals surface area contributed by atoms with Crippen LogP contribution in [-0.4, -0.2) is 55.3 Å². The van der Waals surface area contributed by atoms with E-state index < -0.39 is 65.3 Å². The molecule has 0 aliphatic rings. The maximum atomic E-state index is 12.1. The number of alkyl halides is 6. The number of halogens is 6. The molecule has 0 amide bonds. The summed E-state index contributed by atoms with van der Waals surface area (Å²) in [5.41, 5.74) is 0. The number of esters is 1. The van der Waals surface area contributed by atoms with Crippen LogP contribution in [0.4, 0.5) is 26.3 Å². The van der Waals surface area contributed by atoms with Gasteiger partial charge < -0.3 is 9.29 Å². The van der Waals surface area contributed by atoms with Crippen LogP contribution in [-0.2, 0) is 19.6 Å². The molecule has 0 heterocycles. The zero-order valence-electron chi connectivity index (χ0n) is 11.9. The van der Waals surface area contributed by atoms with Gasteiger partial charge in [0.25, 0.3) is 0 Å². The summed E-state index contributed by atoms with van der Waals surface area (Å²) >= 11 is 0. The largest absolute Gasteiger partial charge is 1.00 e. The number of hydrogen-bond donors (Lipinski definition) is 0. The SMILES string of the molecule is O=C(CCCCN(C(F)(F)F)C(F)(F)F)OCCS(=O)(=O)[O-].[Na+]. The molecule has 0 rings (SSSR count). The zero-order chi connectivity index (χ0) is 17.6. The molecule has 0 aromatic rings. The van der Waals surface area contributed by atoms with Crippen LogP contribution in [0.15, 0.2) is 0 Å². The van der Waals surface area contributed by atoms with Gasteiger partial charge in [0.15, 0.2) is 0 Å². The Morgan fingerprint density at radius 1 is 1.04 bits per heavy atom. The third-order valence-corrected chi connectivity index (χ3v) is 2.89. The first kappa shape index (κ1) is 25.2. The van der Waals surface area contributed by atoms with Crippen molar-refractivity contribution in [3.63, 3.8) is 0 Å². The summed E-state index contributed by atoms with van der Waals surface area (Å²) in [5, 5.41) is 0. The van der Waals surface area contributed by atoms with Crippen LogP contribution in [0.3, 0.4) is 0 Å². The van der Waals surface area contributed by atoms with Crippen molar-refractivity contribution >= 4 is 16.1 Å². The van der Waals surface area contributed by atoms with Gasteiger partial charge in [-0.2, -0.15) is 26.3 Å². The molecule has 0 N–H and O–H groups in total. The molecule has 6 nitrogen and oxygen atoms in total. The molecule has 0 fully saturated rings. The van der Waals surface area contributed by atoms with E-state index in [-0.39, 0.29) is 36.0 Å². The molecule has 0 saturated heterocycles. The molecule has 0 aromatic heterocycles. The molecule has 0 unspecified atom stereocenters. The summed E-state index contributed by atoms with van der Waals surface area (Å²) in [6.07, 6.45) is -12.6. The second-order valence-electron chi connectivity index (χ2n) is 4.03. The van der Waals surface area contributed by atoms with Crippen LogP contribution < -0.4 is 29.6 Å². The minimum atomic E-state index is -5.58. The molecule has 0 spiro atoms. The van der Waals surface area contributed by atoms with Gasteiger partial charge in [-0.05, 0) is 12.8 Å². The molecule has 23 heavy (non-hydrogen) atoms. The van der Waals surface area contributed by atoms with Crippen molar-refractivity contribution in [2.45, 2.75) is 31.9 Å². The number of rotatable bonds is 8. The Balaban J connectivity index is 0. The molecular formula is C9H12F6NNaO5S. The van der Waals surface area contributed by atoms with E-state index in [1.807, 2.05) is 0 Å². The fraction of sp³-hybridized carbons (Fsp3) is 0.889. The minimum absolute atomic E-state index is 0. The Kier molecular flexibility index (Phi) is 11.0. The number of carbonyl (C=O) groups excluding carboxylic acids is 1. The van der Waals surface area contributed by atoms with Crippen molar-refractivity contribution in [3.05, 3.63) is 0 Å². The fourth-order valence-electron chi connectivity index (χ4n) is 1.27. The van der Waals surface area contributed by atoms with E-state index in [0.717, 1.165) is 0 Å². The van der Waals surface area contributed by atoms with Crippen molar-refractivity contribution < 1.29 is 78.4 Å². The maximum Gasteiger partial charge on any atom is 1.00 e. The predicted octanol–water partition coefficient (Wildman–Crippen LogP) is -1.41. The van der Waals surface area contributed by atoms with Gasteiger partial charge in [-0.25, -0.2) is 8.42 Å². The topological polar surface area (TPSA) is 86.7 Å². The second-order valence-corrected chi connectivity index (χ2v) is 5.55. The van der Waals surface area contributed by atoms with Crippen LogP contribution in [0.25, 0.3) is 0 Å². The Hall–Kier alpha value is -0.0800. The van der Waals surface area contributed by atoms with E-state index in [1.54, 1.807) is 0 Å². The average molecular weight is 383 g/mol. The van der Waals surface area contributed by atoms with Crippen LogP contribution in [0.1, 0.15) is 19.3 Å². The maximum absolute atomic E-state index is 12.1. The Labute approximate surface area is 150 Å². The van der Waals surface area contributed by atoms with Crippen molar-refractivity contribution in [2.24, 2.45) is 0 Å². The molecule has 0 bridgehead atoms. The summed E-state index contributed by atoms with van der Waals surface area (Å²) in [7, 11) is -4.57. The Morgan fingerprint density at radius 3 is 1.91 bits per heavy atom. The number of carbonyl (C=O) groups is 1. The fourth-order valence-corrected chi connectivity index (χ4v) is 1.55. The van der Waals surface area contributed by atoms with Crippen LogP contribution >= 0.6 is 0 Å². The monoisotopic (exact) mass is 383 g/mol. The molecule has 0 saturated carbocycles. The van der Waals surface area contributed by atoms with Crippen molar-refractivity contribution in [2.75, 3.05) is 18.9 Å². The normalized spacial score (nSPS) is 12.9. The molecule has 0 atom stereocenters. The molecule has 0 aromatic carbocycles. The van der Waals surface area contributed by atoms with Gasteiger partial charge >= 0.3 is 48.1 Å². The van der Waals surface area contributed by atoms with E-state index in [9.17, 15) is 44.1 Å². The van der Waals surface area contributed by atoms with E-state index in [0.29, 0.717) is 0 Å². The smallest absolute Gasteiger partial charge is 0.748 e. The summed E-state index contributed by atoms with van der Waals surface area (Å²) in [4.78, 5) is 9.37. The minimum Gasteiger partial charge on any atom is -0.748 e. The quantitative estimate of drug-likeness (QED) is 0.128. The summed E-state index contributed by atoms with van der Waals surface area (Å²) < 4.78 is 107. The summed E-state index contributed by atoms with van der Waals surface area (Å²) in [5.74, 6) is -1.98. The van der Waals surface area contributed by atoms with Crippen molar-refractivity contribution in [1.29, 1.82) is 0 Å². The number of hydrogen-bond acceptors (Lipinski definition) is 6. The van der Waals surface area contributed by atoms with E-state index in [2.05, 4.69) is 4.74 Å². The third kappa shape index (κ3) is 12.9. The van der Waals surface area contributed by atoms with Crippen LogP contribution in [0.5, 0.6) is 0 Å². The molecular weight excluding hydrogens is 371 g/mol. The first-order chi connectivity index (χ1) is 9.73. The first-order valence-corrected chi connectivity index (χ1v) is 7.31. The number of nitrogens with zero attached hydrogens (tertiary/aromatic N) is 1. The van der Waals surface area contributed by atoms with Gasteiger partial charge in [0.1, 0.15) is 6.61 Å². The number of ether oxygens (including phenoxy) is 1. The second kappa shape index (κ2) is 10.0. The number of unbranched alkanes of at least 4 members (excludes halogenated alkanes) is 1. The van der Waals surface area contributed by atoms with E-state index in [4.69, 9.17) is 0 Å². The molecule has 0 aliphatic heterocycles. The van der Waals surface area contributed by atoms with E-state index >= 15 is 0 Å². The standard InChI is InChI=1S/C9H13F6NO5S.Na/c10-8(11,12)16(9(13,14)15)4-2-1-3-7(17)21-5-6-22(18,19)20;/h1-6H2,(H,18,19,20);/q;+1/p-1. The predicted molar refractivity (Wildman–Crippen MR) is 58.2 cm³/mol. The first-order valence-electron chi connectivity index (χ1n) is 5.74. The van der Waals surface area contributed by atoms with Crippen molar-refractivity contribution in [1.82, 2.24) is 4.90 Å². The van der Waals surface area contributed by atoms with Crippen LogP contribution in [0.2, 0.25) is 0 Å². The van der Waals surface area contributed by atoms with E-state index in [1.165, 1.54) is 0 Å². The summed E-state index contributed by atoms with van der Waals surface area (Å²) in [6.45, 7) is -2.10. The Bertz CT molecular complexity index is 452. The van der Waals surface area contributed by atoms with Gasteiger partial charge in [0.2, 0.25) is 0 Å². The molecule has 0 radical (unpaired) electrons. The average Bonchev–Trinajstić information content (AvgIpc) is 2.22. The van der Waals surface area contributed by atoms with Gasteiger partial charge in [0.05, 0.1) is 15.9 Å². The zero-order valence-corrected chi connectivity index (χ0v) is 14.7. The molecule has 14 heteroatoms. The van der Waals surface area contributed by atoms with Gasteiger partial charge in [-0.15, -0.1) is 4.90 Å². The Morgan fingerprint density at radius 2 is 1.52 bits per heavy atom.